The van der Waals surface area contributed by atoms with Gasteiger partial charge in [-0.3, -0.25) is 14.6 Å². The van der Waals surface area contributed by atoms with Crippen LogP contribution in [-0.2, 0) is 4.79 Å². The lowest BCUT2D eigenvalue weighted by Crippen LogP contribution is -2.30. The van der Waals surface area contributed by atoms with Crippen LogP contribution in [0, 0.1) is 0 Å². The van der Waals surface area contributed by atoms with Crippen LogP contribution < -0.4 is 4.90 Å². The monoisotopic (exact) mass is 251 g/mol. The fraction of sp³-hybridized carbons (Fsp3) is 0.417. The van der Waals surface area contributed by atoms with Gasteiger partial charge in [0.05, 0.1) is 0 Å². The molecule has 1 rings (SSSR count). The summed E-state index contributed by atoms with van der Waals surface area (Å²) in [5, 5.41) is 8.81. The SMILES string of the molecule is CCN(CC(=O)O)c1ccnc(C(=O)N(C)C)c1. The molecule has 1 aromatic rings. The second-order valence-electron chi connectivity index (χ2n) is 4.01. The summed E-state index contributed by atoms with van der Waals surface area (Å²) in [6.07, 6.45) is 1.51. The topological polar surface area (TPSA) is 73.7 Å². The van der Waals surface area contributed by atoms with Crippen LogP contribution in [0.25, 0.3) is 0 Å². The summed E-state index contributed by atoms with van der Waals surface area (Å²) < 4.78 is 0. The average molecular weight is 251 g/mol. The van der Waals surface area contributed by atoms with E-state index < -0.39 is 5.97 Å². The molecule has 1 aromatic heterocycles. The Morgan fingerprint density at radius 2 is 2.06 bits per heavy atom. The molecule has 98 valence electrons. The molecule has 0 atom stereocenters. The van der Waals surface area contributed by atoms with Crippen molar-refractivity contribution >= 4 is 17.6 Å². The van der Waals surface area contributed by atoms with E-state index in [9.17, 15) is 9.59 Å². The Balaban J connectivity index is 2.99. The third-order valence-electron chi connectivity index (χ3n) is 2.44. The first-order valence-electron chi connectivity index (χ1n) is 5.60. The highest BCUT2D eigenvalue weighted by atomic mass is 16.4. The Labute approximate surface area is 106 Å². The fourth-order valence-electron chi connectivity index (χ4n) is 1.51. The average Bonchev–Trinajstić information content (AvgIpc) is 2.34. The van der Waals surface area contributed by atoms with Crippen LogP contribution >= 0.6 is 0 Å². The third kappa shape index (κ3) is 3.44. The van der Waals surface area contributed by atoms with Crippen molar-refractivity contribution in [3.8, 4) is 0 Å². The number of carboxylic acid groups (broad SMARTS) is 1. The van der Waals surface area contributed by atoms with Crippen molar-refractivity contribution in [3.05, 3.63) is 24.0 Å². The van der Waals surface area contributed by atoms with Gasteiger partial charge in [-0.2, -0.15) is 0 Å². The standard InChI is InChI=1S/C12H17N3O3/c1-4-15(8-11(16)17)9-5-6-13-10(7-9)12(18)14(2)3/h5-7H,4,8H2,1-3H3,(H,16,17). The Kier molecular flexibility index (Phi) is 4.65. The summed E-state index contributed by atoms with van der Waals surface area (Å²) in [5.74, 6) is -1.11. The number of pyridine rings is 1. The van der Waals surface area contributed by atoms with E-state index in [0.29, 0.717) is 17.9 Å². The van der Waals surface area contributed by atoms with Gasteiger partial charge in [-0.1, -0.05) is 0 Å². The molecule has 18 heavy (non-hydrogen) atoms. The molecule has 1 amide bonds. The molecule has 1 heterocycles. The summed E-state index contributed by atoms with van der Waals surface area (Å²) in [4.78, 5) is 29.6. The molecule has 6 heteroatoms. The number of hydrogen-bond donors (Lipinski definition) is 1. The van der Waals surface area contributed by atoms with Crippen molar-refractivity contribution in [2.75, 3.05) is 32.1 Å². The van der Waals surface area contributed by atoms with Crippen LogP contribution in [0.15, 0.2) is 18.3 Å². The van der Waals surface area contributed by atoms with Gasteiger partial charge in [0.25, 0.3) is 5.91 Å². The molecule has 0 fully saturated rings. The van der Waals surface area contributed by atoms with Crippen LogP contribution in [0.3, 0.4) is 0 Å². The van der Waals surface area contributed by atoms with Crippen molar-refractivity contribution in [2.45, 2.75) is 6.92 Å². The molecular formula is C12H17N3O3. The predicted octanol–water partition coefficient (Wildman–Crippen LogP) is 0.694. The van der Waals surface area contributed by atoms with Crippen molar-refractivity contribution in [3.63, 3.8) is 0 Å². The highest BCUT2D eigenvalue weighted by Gasteiger charge is 2.13. The fourth-order valence-corrected chi connectivity index (χ4v) is 1.51. The Morgan fingerprint density at radius 1 is 1.39 bits per heavy atom. The van der Waals surface area contributed by atoms with E-state index in [-0.39, 0.29) is 12.5 Å². The van der Waals surface area contributed by atoms with Gasteiger partial charge < -0.3 is 14.9 Å². The van der Waals surface area contributed by atoms with Crippen molar-refractivity contribution in [1.29, 1.82) is 0 Å². The zero-order valence-corrected chi connectivity index (χ0v) is 10.8. The first kappa shape index (κ1) is 14.0. The van der Waals surface area contributed by atoms with Crippen LogP contribution in [-0.4, -0.2) is 54.1 Å². The van der Waals surface area contributed by atoms with E-state index in [2.05, 4.69) is 4.98 Å². The third-order valence-corrected chi connectivity index (χ3v) is 2.44. The number of nitrogens with zero attached hydrogens (tertiary/aromatic N) is 3. The van der Waals surface area contributed by atoms with E-state index in [1.165, 1.54) is 11.1 Å². The molecule has 6 nitrogen and oxygen atoms in total. The van der Waals surface area contributed by atoms with Gasteiger partial charge >= 0.3 is 5.97 Å². The molecule has 0 saturated carbocycles. The molecule has 0 bridgehead atoms. The Hall–Kier alpha value is -2.11. The molecule has 0 saturated heterocycles. The van der Waals surface area contributed by atoms with Crippen molar-refractivity contribution < 1.29 is 14.7 Å². The molecule has 0 aliphatic rings. The van der Waals surface area contributed by atoms with E-state index in [1.54, 1.807) is 31.1 Å². The lowest BCUT2D eigenvalue weighted by molar-refractivity contribution is -0.135. The van der Waals surface area contributed by atoms with Crippen LogP contribution in [0.4, 0.5) is 5.69 Å². The zero-order chi connectivity index (χ0) is 13.7. The first-order chi connectivity index (χ1) is 8.45. The maximum absolute atomic E-state index is 11.8. The number of carbonyl (C=O) groups excluding carboxylic acids is 1. The molecule has 0 aliphatic heterocycles. The van der Waals surface area contributed by atoms with Crippen LogP contribution in [0.2, 0.25) is 0 Å². The summed E-state index contributed by atoms with van der Waals surface area (Å²) in [7, 11) is 3.29. The minimum atomic E-state index is -0.908. The molecule has 1 N–H and O–H groups in total. The number of aliphatic carboxylic acids is 1. The van der Waals surface area contributed by atoms with Gasteiger partial charge in [0, 0.05) is 32.5 Å². The maximum atomic E-state index is 11.8. The number of aromatic nitrogens is 1. The summed E-state index contributed by atoms with van der Waals surface area (Å²) in [6.45, 7) is 2.30. The molecule has 0 unspecified atom stereocenters. The highest BCUT2D eigenvalue weighted by molar-refractivity contribution is 5.92. The molecule has 0 spiro atoms. The normalized spacial score (nSPS) is 9.94. The van der Waals surface area contributed by atoms with Gasteiger partial charge in [-0.15, -0.1) is 0 Å². The minimum absolute atomic E-state index is 0.101. The largest absolute Gasteiger partial charge is 0.480 e. The smallest absolute Gasteiger partial charge is 0.323 e. The molecular weight excluding hydrogens is 234 g/mol. The number of likely N-dealkylation sites (N-methyl/N-ethyl adjacent to an activating group) is 1. The van der Waals surface area contributed by atoms with Crippen molar-refractivity contribution in [2.24, 2.45) is 0 Å². The van der Waals surface area contributed by atoms with E-state index in [0.717, 1.165) is 0 Å². The van der Waals surface area contributed by atoms with E-state index in [1.807, 2.05) is 6.92 Å². The highest BCUT2D eigenvalue weighted by Crippen LogP contribution is 2.14. The predicted molar refractivity (Wildman–Crippen MR) is 67.8 cm³/mol. The van der Waals surface area contributed by atoms with Crippen molar-refractivity contribution in [1.82, 2.24) is 9.88 Å². The Bertz CT molecular complexity index is 446. The van der Waals surface area contributed by atoms with Gasteiger partial charge in [-0.25, -0.2) is 0 Å². The number of hydrogen-bond acceptors (Lipinski definition) is 4. The van der Waals surface area contributed by atoms with Crippen LogP contribution in [0.1, 0.15) is 17.4 Å². The van der Waals surface area contributed by atoms with Gasteiger partial charge in [0.1, 0.15) is 12.2 Å². The molecule has 0 radical (unpaired) electrons. The number of carbonyl (C=O) groups is 2. The number of carboxylic acids is 1. The maximum Gasteiger partial charge on any atom is 0.323 e. The quantitative estimate of drug-likeness (QED) is 0.833. The van der Waals surface area contributed by atoms with Gasteiger partial charge in [-0.05, 0) is 19.1 Å². The second-order valence-corrected chi connectivity index (χ2v) is 4.01. The molecule has 0 aromatic carbocycles. The van der Waals surface area contributed by atoms with Gasteiger partial charge in [0.15, 0.2) is 0 Å². The number of rotatable bonds is 5. The summed E-state index contributed by atoms with van der Waals surface area (Å²) in [5.41, 5.74) is 0.987. The summed E-state index contributed by atoms with van der Waals surface area (Å²) >= 11 is 0. The Morgan fingerprint density at radius 3 is 2.56 bits per heavy atom. The zero-order valence-electron chi connectivity index (χ0n) is 10.8. The van der Waals surface area contributed by atoms with Crippen LogP contribution in [0.5, 0.6) is 0 Å². The van der Waals surface area contributed by atoms with Gasteiger partial charge in [0.2, 0.25) is 0 Å². The van der Waals surface area contributed by atoms with E-state index in [4.69, 9.17) is 5.11 Å². The number of anilines is 1. The number of amides is 1. The lowest BCUT2D eigenvalue weighted by Gasteiger charge is -2.21. The second kappa shape index (κ2) is 6.00. The first-order valence-corrected chi connectivity index (χ1v) is 5.60. The lowest BCUT2D eigenvalue weighted by atomic mass is 10.2. The minimum Gasteiger partial charge on any atom is -0.480 e. The molecule has 0 aliphatic carbocycles. The summed E-state index contributed by atoms with van der Waals surface area (Å²) in [6, 6.07) is 3.30. The van der Waals surface area contributed by atoms with E-state index >= 15 is 0 Å².